The van der Waals surface area contributed by atoms with E-state index in [0.717, 1.165) is 42.2 Å². The molecule has 0 saturated carbocycles. The molecule has 0 bridgehead atoms. The normalized spacial score (nSPS) is 17.1. The topological polar surface area (TPSA) is 89.5 Å². The van der Waals surface area contributed by atoms with Gasteiger partial charge in [-0.2, -0.15) is 0 Å². The number of hydrogen-bond acceptors (Lipinski definition) is 6. The van der Waals surface area contributed by atoms with Crippen molar-refractivity contribution in [1.29, 1.82) is 0 Å². The first-order valence-electron chi connectivity index (χ1n) is 8.59. The molecule has 1 aliphatic rings. The summed E-state index contributed by atoms with van der Waals surface area (Å²) in [7, 11) is 0. The number of rotatable bonds is 5. The molecule has 3 heterocycles. The summed E-state index contributed by atoms with van der Waals surface area (Å²) in [5.74, 6) is 1.62. The molecule has 1 saturated heterocycles. The van der Waals surface area contributed by atoms with Crippen LogP contribution in [-0.4, -0.2) is 40.3 Å². The molecule has 0 amide bonds. The third-order valence-corrected chi connectivity index (χ3v) is 4.43. The Kier molecular flexibility index (Phi) is 4.15. The number of aromatic nitrogens is 3. The van der Waals surface area contributed by atoms with Crippen LogP contribution in [0.5, 0.6) is 5.75 Å². The maximum atomic E-state index is 6.46. The minimum Gasteiger partial charge on any atom is -0.494 e. The van der Waals surface area contributed by atoms with Crippen molar-refractivity contribution in [2.24, 2.45) is 0 Å². The van der Waals surface area contributed by atoms with E-state index >= 15 is 0 Å². The molecule has 4 N–H and O–H groups in total. The number of benzene rings is 1. The largest absolute Gasteiger partial charge is 0.494 e. The monoisotopic (exact) mass is 338 g/mol. The van der Waals surface area contributed by atoms with Crippen LogP contribution in [-0.2, 0) is 0 Å². The van der Waals surface area contributed by atoms with Crippen molar-refractivity contribution in [2.45, 2.75) is 19.4 Å². The summed E-state index contributed by atoms with van der Waals surface area (Å²) < 4.78 is 7.26. The second-order valence-electron chi connectivity index (χ2n) is 6.12. The van der Waals surface area contributed by atoms with Crippen LogP contribution in [0.1, 0.15) is 13.3 Å². The number of anilines is 2. The van der Waals surface area contributed by atoms with E-state index in [4.69, 9.17) is 15.6 Å². The molecule has 4 rings (SSSR count). The van der Waals surface area contributed by atoms with Crippen LogP contribution in [0.4, 0.5) is 11.5 Å². The Bertz CT molecular complexity index is 867. The Morgan fingerprint density at radius 3 is 2.92 bits per heavy atom. The molecule has 0 aliphatic carbocycles. The lowest BCUT2D eigenvalue weighted by atomic mass is 10.0. The highest BCUT2D eigenvalue weighted by Gasteiger charge is 2.21. The summed E-state index contributed by atoms with van der Waals surface area (Å²) in [5.41, 5.74) is 9.62. The van der Waals surface area contributed by atoms with Crippen molar-refractivity contribution < 1.29 is 4.74 Å². The number of nitrogens with two attached hydrogens (primary N) is 1. The van der Waals surface area contributed by atoms with E-state index in [0.29, 0.717) is 24.0 Å². The van der Waals surface area contributed by atoms with Crippen LogP contribution in [0, 0.1) is 0 Å². The SMILES string of the molecule is CCOc1ccc(-c2c(NC3CCNC3)nn3ccnc3c2N)cc1. The van der Waals surface area contributed by atoms with Crippen LogP contribution in [0.25, 0.3) is 16.8 Å². The van der Waals surface area contributed by atoms with Crippen molar-refractivity contribution in [3.8, 4) is 16.9 Å². The van der Waals surface area contributed by atoms with Crippen LogP contribution in [0.3, 0.4) is 0 Å². The number of fused-ring (bicyclic) bond motifs is 1. The zero-order valence-corrected chi connectivity index (χ0v) is 14.2. The molecule has 1 fully saturated rings. The predicted octanol–water partition coefficient (Wildman–Crippen LogP) is 2.15. The zero-order chi connectivity index (χ0) is 17.2. The lowest BCUT2D eigenvalue weighted by molar-refractivity contribution is 0.340. The van der Waals surface area contributed by atoms with Gasteiger partial charge in [-0.1, -0.05) is 12.1 Å². The van der Waals surface area contributed by atoms with Crippen molar-refractivity contribution in [3.63, 3.8) is 0 Å². The smallest absolute Gasteiger partial charge is 0.177 e. The van der Waals surface area contributed by atoms with Gasteiger partial charge in [-0.25, -0.2) is 9.50 Å². The number of nitrogens with zero attached hydrogens (tertiary/aromatic N) is 3. The van der Waals surface area contributed by atoms with E-state index in [-0.39, 0.29) is 0 Å². The molecule has 1 aliphatic heterocycles. The van der Waals surface area contributed by atoms with E-state index in [2.05, 4.69) is 15.6 Å². The number of imidazole rings is 1. The number of hydrogen-bond donors (Lipinski definition) is 3. The maximum absolute atomic E-state index is 6.46. The Morgan fingerprint density at radius 2 is 2.20 bits per heavy atom. The fraction of sp³-hybridized carbons (Fsp3) is 0.333. The first kappa shape index (κ1) is 15.7. The molecule has 1 aromatic carbocycles. The van der Waals surface area contributed by atoms with Gasteiger partial charge in [-0.3, -0.25) is 0 Å². The lowest BCUT2D eigenvalue weighted by Crippen LogP contribution is -2.24. The molecule has 7 heteroatoms. The van der Waals surface area contributed by atoms with Gasteiger partial charge in [0.2, 0.25) is 0 Å². The van der Waals surface area contributed by atoms with Gasteiger partial charge >= 0.3 is 0 Å². The third kappa shape index (κ3) is 2.98. The van der Waals surface area contributed by atoms with E-state index in [1.165, 1.54) is 0 Å². The molecular formula is C18H22N6O. The summed E-state index contributed by atoms with van der Waals surface area (Å²) in [4.78, 5) is 4.33. The maximum Gasteiger partial charge on any atom is 0.177 e. The van der Waals surface area contributed by atoms with E-state index in [9.17, 15) is 0 Å². The van der Waals surface area contributed by atoms with Crippen LogP contribution in [0.15, 0.2) is 36.7 Å². The Morgan fingerprint density at radius 1 is 1.36 bits per heavy atom. The molecule has 0 spiro atoms. The van der Waals surface area contributed by atoms with E-state index < -0.39 is 0 Å². The first-order valence-corrected chi connectivity index (χ1v) is 8.59. The van der Waals surface area contributed by atoms with Gasteiger partial charge in [-0.05, 0) is 37.6 Å². The Hall–Kier alpha value is -2.80. The quantitative estimate of drug-likeness (QED) is 0.660. The molecule has 0 radical (unpaired) electrons. The Labute approximate surface area is 146 Å². The van der Waals surface area contributed by atoms with Crippen LogP contribution >= 0.6 is 0 Å². The minimum atomic E-state index is 0.342. The standard InChI is InChI=1S/C18H22N6O/c1-2-25-14-5-3-12(4-6-14)15-16(19)18-21-9-10-24(18)23-17(15)22-13-7-8-20-11-13/h3-6,9-10,13,20H,2,7-8,11,19H2,1H3,(H,22,23). The van der Waals surface area contributed by atoms with Gasteiger partial charge in [0.15, 0.2) is 11.5 Å². The summed E-state index contributed by atoms with van der Waals surface area (Å²) >= 11 is 0. The molecule has 25 heavy (non-hydrogen) atoms. The second-order valence-corrected chi connectivity index (χ2v) is 6.12. The first-order chi connectivity index (χ1) is 12.3. The third-order valence-electron chi connectivity index (χ3n) is 4.43. The van der Waals surface area contributed by atoms with Crippen LogP contribution in [0.2, 0.25) is 0 Å². The highest BCUT2D eigenvalue weighted by atomic mass is 16.5. The Balaban J connectivity index is 1.80. The predicted molar refractivity (Wildman–Crippen MR) is 98.9 cm³/mol. The highest BCUT2D eigenvalue weighted by molar-refractivity contribution is 5.91. The minimum absolute atomic E-state index is 0.342. The van der Waals surface area contributed by atoms with E-state index in [1.807, 2.05) is 37.4 Å². The number of nitrogen functional groups attached to an aromatic ring is 1. The van der Waals surface area contributed by atoms with Gasteiger partial charge in [0, 0.05) is 25.0 Å². The van der Waals surface area contributed by atoms with Gasteiger partial charge in [-0.15, -0.1) is 5.10 Å². The summed E-state index contributed by atoms with van der Waals surface area (Å²) in [6.07, 6.45) is 4.58. The second kappa shape index (κ2) is 6.60. The van der Waals surface area contributed by atoms with Gasteiger partial charge in [0.25, 0.3) is 0 Å². The molecule has 130 valence electrons. The lowest BCUT2D eigenvalue weighted by Gasteiger charge is -2.18. The van der Waals surface area contributed by atoms with Crippen molar-refractivity contribution in [1.82, 2.24) is 19.9 Å². The number of ether oxygens (including phenoxy) is 1. The molecule has 3 aromatic rings. The average molecular weight is 338 g/mol. The van der Waals surface area contributed by atoms with Crippen molar-refractivity contribution in [2.75, 3.05) is 30.7 Å². The average Bonchev–Trinajstić information content (AvgIpc) is 3.28. The fourth-order valence-corrected chi connectivity index (χ4v) is 3.22. The molecule has 2 aromatic heterocycles. The zero-order valence-electron chi connectivity index (χ0n) is 14.2. The van der Waals surface area contributed by atoms with Crippen molar-refractivity contribution >= 4 is 17.2 Å². The van der Waals surface area contributed by atoms with Gasteiger partial charge in [0.05, 0.1) is 17.9 Å². The van der Waals surface area contributed by atoms with Crippen LogP contribution < -0.4 is 21.1 Å². The summed E-state index contributed by atoms with van der Waals surface area (Å²) in [6, 6.07) is 8.27. The summed E-state index contributed by atoms with van der Waals surface area (Å²) in [5, 5.41) is 11.6. The molecule has 7 nitrogen and oxygen atoms in total. The fourth-order valence-electron chi connectivity index (χ4n) is 3.22. The highest BCUT2D eigenvalue weighted by Crippen LogP contribution is 2.35. The molecule has 1 atom stereocenters. The van der Waals surface area contributed by atoms with Gasteiger partial charge < -0.3 is 21.1 Å². The number of nitrogens with one attached hydrogen (secondary N) is 2. The van der Waals surface area contributed by atoms with Crippen molar-refractivity contribution in [3.05, 3.63) is 36.7 Å². The molecule has 1 unspecified atom stereocenters. The van der Waals surface area contributed by atoms with E-state index in [1.54, 1.807) is 10.7 Å². The summed E-state index contributed by atoms with van der Waals surface area (Å²) in [6.45, 7) is 4.55. The molecular weight excluding hydrogens is 316 g/mol. The van der Waals surface area contributed by atoms with Gasteiger partial charge in [0.1, 0.15) is 5.75 Å².